The summed E-state index contributed by atoms with van der Waals surface area (Å²) in [7, 11) is 2.18. The van der Waals surface area contributed by atoms with Crippen molar-refractivity contribution in [3.63, 3.8) is 0 Å². The van der Waals surface area contributed by atoms with Crippen LogP contribution < -0.4 is 20.2 Å². The molecular formula is C29H46NO2P. The minimum absolute atomic E-state index is 0.0416. The molecule has 2 aromatic rings. The van der Waals surface area contributed by atoms with Gasteiger partial charge in [0.25, 0.3) is 0 Å². The molecule has 0 radical (unpaired) electrons. The quantitative estimate of drug-likeness (QED) is 0.311. The minimum atomic E-state index is -0.0416. The Labute approximate surface area is 205 Å². The first-order chi connectivity index (χ1) is 15.2. The summed E-state index contributed by atoms with van der Waals surface area (Å²) in [5, 5.41) is 2.65. The van der Waals surface area contributed by atoms with Gasteiger partial charge in [-0.2, -0.15) is 0 Å². The van der Waals surface area contributed by atoms with Crippen molar-refractivity contribution in [2.45, 2.75) is 99.1 Å². The Morgan fingerprint density at radius 1 is 0.909 bits per heavy atom. The van der Waals surface area contributed by atoms with Crippen molar-refractivity contribution in [1.29, 1.82) is 0 Å². The van der Waals surface area contributed by atoms with Crippen molar-refractivity contribution in [3.8, 4) is 5.75 Å². The lowest BCUT2D eigenvalue weighted by molar-refractivity contribution is 0.0506. The highest BCUT2D eigenvalue weighted by atomic mass is 31.1. The molecule has 0 N–H and O–H groups in total. The predicted octanol–water partition coefficient (Wildman–Crippen LogP) is 6.83. The number of methoxy groups -OCH3 is 1. The van der Waals surface area contributed by atoms with E-state index in [-0.39, 0.29) is 17.6 Å². The van der Waals surface area contributed by atoms with E-state index >= 15 is 0 Å². The average molecular weight is 472 g/mol. The maximum absolute atomic E-state index is 6.29. The number of rotatable bonds is 8. The standard InChI is InChI=1S/C29H46NO2P/c1-19(2)30(20(3)4)24-15-13-14-21(5)27(24)33-25-17-22(28(6,7)8)16-23(29(9,10)11)26(25)32-18-31-12/h13-17,19-20,33H,18H2,1-12H3. The second-order valence-corrected chi connectivity index (χ2v) is 12.9. The van der Waals surface area contributed by atoms with Crippen molar-refractivity contribution in [2.24, 2.45) is 0 Å². The van der Waals surface area contributed by atoms with Gasteiger partial charge in [0.1, 0.15) is 5.75 Å². The first-order valence-electron chi connectivity index (χ1n) is 12.1. The first-order valence-corrected chi connectivity index (χ1v) is 13.1. The lowest BCUT2D eigenvalue weighted by atomic mass is 9.80. The first kappa shape index (κ1) is 27.7. The molecule has 1 unspecified atom stereocenters. The van der Waals surface area contributed by atoms with E-state index in [0.29, 0.717) is 20.7 Å². The number of anilines is 1. The van der Waals surface area contributed by atoms with Crippen molar-refractivity contribution >= 4 is 24.9 Å². The van der Waals surface area contributed by atoms with Gasteiger partial charge in [-0.15, -0.1) is 0 Å². The lowest BCUT2D eigenvalue weighted by Gasteiger charge is -2.35. The van der Waals surface area contributed by atoms with E-state index < -0.39 is 0 Å². The zero-order chi connectivity index (χ0) is 25.1. The van der Waals surface area contributed by atoms with Crippen molar-refractivity contribution in [1.82, 2.24) is 0 Å². The van der Waals surface area contributed by atoms with E-state index in [0.717, 1.165) is 5.75 Å². The highest BCUT2D eigenvalue weighted by Gasteiger charge is 2.27. The molecule has 0 spiro atoms. The van der Waals surface area contributed by atoms with Gasteiger partial charge in [0, 0.05) is 41.1 Å². The maximum atomic E-state index is 6.29. The fraction of sp³-hybridized carbons (Fsp3) is 0.586. The smallest absolute Gasteiger partial charge is 0.188 e. The Kier molecular flexibility index (Phi) is 9.05. The van der Waals surface area contributed by atoms with Crippen LogP contribution in [0.3, 0.4) is 0 Å². The van der Waals surface area contributed by atoms with Gasteiger partial charge in [-0.3, -0.25) is 0 Å². The van der Waals surface area contributed by atoms with Gasteiger partial charge in [-0.25, -0.2) is 0 Å². The molecule has 0 saturated heterocycles. The third-order valence-corrected chi connectivity index (χ3v) is 7.53. The normalized spacial score (nSPS) is 12.9. The molecule has 0 bridgehead atoms. The second kappa shape index (κ2) is 10.8. The molecule has 4 heteroatoms. The van der Waals surface area contributed by atoms with E-state index in [9.17, 15) is 0 Å². The molecule has 0 aliphatic carbocycles. The zero-order valence-corrected chi connectivity index (χ0v) is 24.0. The molecule has 2 aromatic carbocycles. The Morgan fingerprint density at radius 3 is 2.00 bits per heavy atom. The largest absolute Gasteiger partial charge is 0.467 e. The molecule has 33 heavy (non-hydrogen) atoms. The lowest BCUT2D eigenvalue weighted by Crippen LogP contribution is -2.39. The summed E-state index contributed by atoms with van der Waals surface area (Å²) in [4.78, 5) is 2.53. The third-order valence-electron chi connectivity index (χ3n) is 5.99. The third kappa shape index (κ3) is 6.74. The molecular weight excluding hydrogens is 425 g/mol. The number of benzene rings is 2. The minimum Gasteiger partial charge on any atom is -0.467 e. The topological polar surface area (TPSA) is 21.7 Å². The summed E-state index contributed by atoms with van der Waals surface area (Å²) in [5.74, 6) is 0.977. The summed E-state index contributed by atoms with van der Waals surface area (Å²) in [6.07, 6.45) is 0. The number of nitrogens with zero attached hydrogens (tertiary/aromatic N) is 1. The molecule has 0 fully saturated rings. The van der Waals surface area contributed by atoms with Crippen LogP contribution in [-0.2, 0) is 15.6 Å². The number of aryl methyl sites for hydroxylation is 1. The Hall–Kier alpha value is -1.57. The monoisotopic (exact) mass is 471 g/mol. The van der Waals surface area contributed by atoms with Crippen molar-refractivity contribution in [3.05, 3.63) is 47.0 Å². The molecule has 0 aliphatic rings. The Morgan fingerprint density at radius 2 is 1.52 bits per heavy atom. The summed E-state index contributed by atoms with van der Waals surface area (Å²) in [5.41, 5.74) is 5.26. The summed E-state index contributed by atoms with van der Waals surface area (Å²) in [6.45, 7) is 25.3. The van der Waals surface area contributed by atoms with Gasteiger partial charge in [0.05, 0.1) is 0 Å². The molecule has 0 heterocycles. The van der Waals surface area contributed by atoms with Crippen LogP contribution >= 0.6 is 8.58 Å². The summed E-state index contributed by atoms with van der Waals surface area (Å²) < 4.78 is 11.6. The zero-order valence-electron chi connectivity index (χ0n) is 23.0. The van der Waals surface area contributed by atoms with Crippen molar-refractivity contribution in [2.75, 3.05) is 18.8 Å². The fourth-order valence-electron chi connectivity index (χ4n) is 4.30. The van der Waals surface area contributed by atoms with Crippen LogP contribution in [0.1, 0.15) is 85.9 Å². The van der Waals surface area contributed by atoms with Crippen LogP contribution in [0, 0.1) is 6.92 Å². The van der Waals surface area contributed by atoms with Crippen LogP contribution in [-0.4, -0.2) is 26.0 Å². The second-order valence-electron chi connectivity index (χ2n) is 11.6. The van der Waals surface area contributed by atoms with Crippen LogP contribution in [0.4, 0.5) is 5.69 Å². The van der Waals surface area contributed by atoms with E-state index in [2.05, 4.69) is 111 Å². The SMILES string of the molecule is COCOc1c(Pc2c(C)cccc2N(C(C)C)C(C)C)cc(C(C)(C)C)cc1C(C)(C)C. The molecule has 184 valence electrons. The molecule has 2 rings (SSSR count). The molecule has 0 aliphatic heterocycles. The van der Waals surface area contributed by atoms with Gasteiger partial charge in [0.15, 0.2) is 6.79 Å². The van der Waals surface area contributed by atoms with Crippen LogP contribution in [0.15, 0.2) is 30.3 Å². The summed E-state index contributed by atoms with van der Waals surface area (Å²) in [6, 6.07) is 12.2. The van der Waals surface area contributed by atoms with E-state index in [4.69, 9.17) is 9.47 Å². The van der Waals surface area contributed by atoms with Crippen LogP contribution in [0.25, 0.3) is 0 Å². The Bertz CT molecular complexity index is 928. The fourth-order valence-corrected chi connectivity index (χ4v) is 5.74. The highest BCUT2D eigenvalue weighted by molar-refractivity contribution is 7.56. The van der Waals surface area contributed by atoms with Gasteiger partial charge in [-0.1, -0.05) is 68.3 Å². The van der Waals surface area contributed by atoms with Crippen molar-refractivity contribution < 1.29 is 9.47 Å². The van der Waals surface area contributed by atoms with Gasteiger partial charge in [-0.05, 0) is 68.7 Å². The van der Waals surface area contributed by atoms with Gasteiger partial charge >= 0.3 is 0 Å². The predicted molar refractivity (Wildman–Crippen MR) is 148 cm³/mol. The Balaban J connectivity index is 2.80. The number of hydrogen-bond acceptors (Lipinski definition) is 3. The number of hydrogen-bond donors (Lipinski definition) is 0. The number of ether oxygens (including phenoxy) is 2. The highest BCUT2D eigenvalue weighted by Crippen LogP contribution is 2.38. The molecule has 0 amide bonds. The van der Waals surface area contributed by atoms with Gasteiger partial charge in [0.2, 0.25) is 0 Å². The van der Waals surface area contributed by atoms with E-state index in [1.807, 2.05) is 0 Å². The van der Waals surface area contributed by atoms with E-state index in [1.54, 1.807) is 7.11 Å². The van der Waals surface area contributed by atoms with Crippen LogP contribution in [0.5, 0.6) is 5.75 Å². The maximum Gasteiger partial charge on any atom is 0.188 e. The van der Waals surface area contributed by atoms with E-state index in [1.165, 1.54) is 33.0 Å². The molecule has 0 saturated carbocycles. The molecule has 1 atom stereocenters. The van der Waals surface area contributed by atoms with Crippen LogP contribution in [0.2, 0.25) is 0 Å². The van der Waals surface area contributed by atoms with Gasteiger partial charge < -0.3 is 14.4 Å². The summed E-state index contributed by atoms with van der Waals surface area (Å²) >= 11 is 0. The molecule has 3 nitrogen and oxygen atoms in total. The average Bonchev–Trinajstić information content (AvgIpc) is 2.66. The molecule has 0 aromatic heterocycles.